The van der Waals surface area contributed by atoms with E-state index in [9.17, 15) is 14.4 Å². The predicted octanol–water partition coefficient (Wildman–Crippen LogP) is 3.71. The maximum absolute atomic E-state index is 12.8. The summed E-state index contributed by atoms with van der Waals surface area (Å²) >= 11 is 6.26. The molecular weight excluding hydrogens is 430 g/mol. The minimum Gasteiger partial charge on any atom is -0.384 e. The van der Waals surface area contributed by atoms with Crippen molar-refractivity contribution < 1.29 is 9.59 Å². The van der Waals surface area contributed by atoms with Gasteiger partial charge in [-0.05, 0) is 30.2 Å². The predicted molar refractivity (Wildman–Crippen MR) is 129 cm³/mol. The molecule has 3 aromatic rings. The van der Waals surface area contributed by atoms with Crippen LogP contribution in [0.4, 0.5) is 5.82 Å². The van der Waals surface area contributed by atoms with Crippen LogP contribution in [0.15, 0.2) is 35.3 Å². The summed E-state index contributed by atoms with van der Waals surface area (Å²) < 4.78 is 2.88. The number of aromatic nitrogens is 3. The van der Waals surface area contributed by atoms with Crippen LogP contribution in [0.2, 0.25) is 5.02 Å². The number of amides is 1. The lowest BCUT2D eigenvalue weighted by Crippen LogP contribution is -2.28. The van der Waals surface area contributed by atoms with Gasteiger partial charge in [-0.15, -0.1) is 0 Å². The van der Waals surface area contributed by atoms with Gasteiger partial charge in [-0.1, -0.05) is 44.4 Å². The number of hydrogen-bond donors (Lipinski definition) is 2. The second-order valence-corrected chi connectivity index (χ2v) is 7.83. The molecule has 0 radical (unpaired) electrons. The molecule has 32 heavy (non-hydrogen) atoms. The van der Waals surface area contributed by atoms with Crippen molar-refractivity contribution in [3.05, 3.63) is 46.0 Å². The number of nitrogen functional groups attached to an aromatic ring is 1. The highest BCUT2D eigenvalue weighted by molar-refractivity contribution is 6.33. The van der Waals surface area contributed by atoms with E-state index in [-0.39, 0.29) is 24.4 Å². The third kappa shape index (κ3) is 5.56. The van der Waals surface area contributed by atoms with Gasteiger partial charge in [-0.3, -0.25) is 13.9 Å². The van der Waals surface area contributed by atoms with Crippen molar-refractivity contribution in [3.8, 4) is 11.1 Å². The largest absolute Gasteiger partial charge is 0.384 e. The average Bonchev–Trinajstić information content (AvgIpc) is 3.05. The van der Waals surface area contributed by atoms with Crippen molar-refractivity contribution in [1.29, 1.82) is 0 Å². The Morgan fingerprint density at radius 2 is 1.94 bits per heavy atom. The number of aldehydes is 1. The minimum atomic E-state index is -0.762. The Morgan fingerprint density at radius 3 is 2.53 bits per heavy atom. The number of nitrogens with zero attached hydrogens (tertiary/aromatic N) is 3. The van der Waals surface area contributed by atoms with Gasteiger partial charge in [0.15, 0.2) is 0 Å². The molecular formula is C23H30ClN5O3. The molecule has 0 fully saturated rings. The van der Waals surface area contributed by atoms with E-state index in [1.165, 1.54) is 35.2 Å². The third-order valence-corrected chi connectivity index (χ3v) is 5.51. The van der Waals surface area contributed by atoms with Crippen molar-refractivity contribution in [2.75, 3.05) is 12.8 Å². The van der Waals surface area contributed by atoms with E-state index in [0.717, 1.165) is 5.56 Å². The zero-order valence-corrected chi connectivity index (χ0v) is 19.6. The Balaban J connectivity index is 0.000000837. The molecule has 1 aromatic carbocycles. The molecule has 3 N–H and O–H groups in total. The fraction of sp³-hybridized carbons (Fsp3) is 0.391. The van der Waals surface area contributed by atoms with Crippen LogP contribution in [0, 0.1) is 0 Å². The maximum Gasteiger partial charge on any atom is 0.329 e. The first-order valence-corrected chi connectivity index (χ1v) is 10.9. The number of fused-ring (bicyclic) bond motifs is 1. The summed E-state index contributed by atoms with van der Waals surface area (Å²) in [4.78, 5) is 40.0. The van der Waals surface area contributed by atoms with Crippen LogP contribution in [0.5, 0.6) is 0 Å². The first-order valence-electron chi connectivity index (χ1n) is 10.6. The molecule has 0 bridgehead atoms. The van der Waals surface area contributed by atoms with Gasteiger partial charge in [0.25, 0.3) is 0 Å². The first kappa shape index (κ1) is 25.1. The first-order chi connectivity index (χ1) is 15.3. The second kappa shape index (κ2) is 11.5. The lowest BCUT2D eigenvalue weighted by molar-refractivity contribution is -0.121. The molecule has 1 atom stereocenters. The standard InChI is InChI=1S/C19H20ClN5O3.C4H10/c1-22-18(27)6-4-12(10-26)25-16-7-11(3-5-15(16)24(2)19(25)28)13-8-17(21)23-9-14(13)20;1-3-4-2/h3,5,7-10,12H,4,6H2,1-2H3,(H2,21,23)(H,22,27);3-4H2,1-2H3. The number of pyridine rings is 1. The lowest BCUT2D eigenvalue weighted by Gasteiger charge is -2.13. The van der Waals surface area contributed by atoms with Gasteiger partial charge in [0, 0.05) is 32.3 Å². The van der Waals surface area contributed by atoms with E-state index in [1.54, 1.807) is 25.2 Å². The smallest absolute Gasteiger partial charge is 0.329 e. The maximum atomic E-state index is 12.8. The number of nitrogens with one attached hydrogen (secondary N) is 1. The summed E-state index contributed by atoms with van der Waals surface area (Å²) in [7, 11) is 3.16. The summed E-state index contributed by atoms with van der Waals surface area (Å²) in [5, 5.41) is 2.94. The van der Waals surface area contributed by atoms with Gasteiger partial charge in [0.1, 0.15) is 12.1 Å². The Bertz CT molecular complexity index is 1150. The number of anilines is 1. The SMILES string of the molecule is CCCC.CNC(=O)CCC(C=O)n1c(=O)n(C)c2ccc(-c3cc(N)ncc3Cl)cc21. The van der Waals surface area contributed by atoms with E-state index < -0.39 is 6.04 Å². The molecule has 9 heteroatoms. The van der Waals surface area contributed by atoms with E-state index in [1.807, 2.05) is 6.07 Å². The van der Waals surface area contributed by atoms with Crippen molar-refractivity contribution >= 4 is 40.6 Å². The van der Waals surface area contributed by atoms with Crippen LogP contribution < -0.4 is 16.7 Å². The van der Waals surface area contributed by atoms with Gasteiger partial charge in [-0.25, -0.2) is 9.78 Å². The van der Waals surface area contributed by atoms with E-state index in [0.29, 0.717) is 33.7 Å². The zero-order chi connectivity index (χ0) is 23.8. The summed E-state index contributed by atoms with van der Waals surface area (Å²) in [6.45, 7) is 4.36. The molecule has 0 saturated carbocycles. The van der Waals surface area contributed by atoms with Crippen molar-refractivity contribution in [3.63, 3.8) is 0 Å². The molecule has 0 aliphatic heterocycles. The number of carbonyl (C=O) groups is 2. The molecule has 0 spiro atoms. The summed E-state index contributed by atoms with van der Waals surface area (Å²) in [6, 6.07) is 6.29. The van der Waals surface area contributed by atoms with Crippen LogP contribution in [-0.2, 0) is 16.6 Å². The summed E-state index contributed by atoms with van der Waals surface area (Å²) in [6.07, 6.45) is 5.14. The Hall–Kier alpha value is -3.13. The van der Waals surface area contributed by atoms with Crippen LogP contribution in [0.1, 0.15) is 45.6 Å². The quantitative estimate of drug-likeness (QED) is 0.523. The molecule has 1 unspecified atom stereocenters. The van der Waals surface area contributed by atoms with Crippen LogP contribution in [0.25, 0.3) is 22.2 Å². The number of rotatable bonds is 7. The summed E-state index contributed by atoms with van der Waals surface area (Å²) in [5.41, 5.74) is 8.09. The van der Waals surface area contributed by atoms with Gasteiger partial charge in [-0.2, -0.15) is 0 Å². The van der Waals surface area contributed by atoms with Crippen molar-refractivity contribution in [1.82, 2.24) is 19.4 Å². The number of halogens is 1. The van der Waals surface area contributed by atoms with Crippen LogP contribution >= 0.6 is 11.6 Å². The Kier molecular flexibility index (Phi) is 9.02. The third-order valence-electron chi connectivity index (χ3n) is 5.21. The highest BCUT2D eigenvalue weighted by Gasteiger charge is 2.20. The lowest BCUT2D eigenvalue weighted by atomic mass is 10.1. The molecule has 1 amide bonds. The van der Waals surface area contributed by atoms with Gasteiger partial charge >= 0.3 is 5.69 Å². The van der Waals surface area contributed by atoms with E-state index in [2.05, 4.69) is 24.1 Å². The fourth-order valence-electron chi connectivity index (χ4n) is 3.19. The normalized spacial score (nSPS) is 11.5. The average molecular weight is 460 g/mol. The van der Waals surface area contributed by atoms with Gasteiger partial charge in [0.05, 0.1) is 22.1 Å². The Morgan fingerprint density at radius 1 is 1.25 bits per heavy atom. The minimum absolute atomic E-state index is 0.134. The van der Waals surface area contributed by atoms with Crippen LogP contribution in [0.3, 0.4) is 0 Å². The molecule has 172 valence electrons. The number of carbonyl (C=O) groups excluding carboxylic acids is 2. The monoisotopic (exact) mass is 459 g/mol. The number of unbranched alkanes of at least 4 members (excludes halogenated alkanes) is 1. The summed E-state index contributed by atoms with van der Waals surface area (Å²) in [5.74, 6) is 0.126. The molecule has 2 aromatic heterocycles. The number of imidazole rings is 1. The number of benzene rings is 1. The zero-order valence-electron chi connectivity index (χ0n) is 18.9. The molecule has 3 rings (SSSR count). The molecule has 0 aliphatic carbocycles. The van der Waals surface area contributed by atoms with Crippen molar-refractivity contribution in [2.24, 2.45) is 7.05 Å². The molecule has 0 aliphatic rings. The highest BCUT2D eigenvalue weighted by Crippen LogP contribution is 2.31. The number of nitrogens with two attached hydrogens (primary N) is 1. The fourth-order valence-corrected chi connectivity index (χ4v) is 3.41. The molecule has 8 nitrogen and oxygen atoms in total. The van der Waals surface area contributed by atoms with Gasteiger partial charge in [0.2, 0.25) is 5.91 Å². The second-order valence-electron chi connectivity index (χ2n) is 7.42. The molecule has 0 saturated heterocycles. The number of hydrogen-bond acceptors (Lipinski definition) is 5. The topological polar surface area (TPSA) is 112 Å². The van der Waals surface area contributed by atoms with Crippen molar-refractivity contribution in [2.45, 2.75) is 45.6 Å². The van der Waals surface area contributed by atoms with Gasteiger partial charge < -0.3 is 15.8 Å². The number of aryl methyl sites for hydroxylation is 1. The highest BCUT2D eigenvalue weighted by atomic mass is 35.5. The van der Waals surface area contributed by atoms with Crippen LogP contribution in [-0.4, -0.2) is 33.4 Å². The Labute approximate surface area is 192 Å². The van der Waals surface area contributed by atoms with E-state index in [4.69, 9.17) is 17.3 Å². The molecule has 2 heterocycles. The van der Waals surface area contributed by atoms with E-state index >= 15 is 0 Å².